The molecule has 1 N–H and O–H groups in total. The van der Waals surface area contributed by atoms with Gasteiger partial charge in [-0.25, -0.2) is 0 Å². The van der Waals surface area contributed by atoms with E-state index in [1.165, 1.54) is 29.7 Å². The standard InChI is InChI=1S/C23H34N2O2S/c1-14(2)20(21(26)25(4)13-19-15(3)5-6-28-19)24-22(27)23-10-16-7-17(11-23)9-18(8-16)12-23/h5-6,14,16-18,20H,7-13H2,1-4H3,(H,24,27). The fraction of sp³-hybridized carbons (Fsp3) is 0.739. The summed E-state index contributed by atoms with van der Waals surface area (Å²) in [6.07, 6.45) is 7.07. The van der Waals surface area contributed by atoms with Gasteiger partial charge in [0.2, 0.25) is 11.8 Å². The second-order valence-electron chi connectivity index (χ2n) is 10.1. The van der Waals surface area contributed by atoms with Crippen LogP contribution in [0.4, 0.5) is 0 Å². The van der Waals surface area contributed by atoms with Crippen molar-refractivity contribution in [2.45, 2.75) is 71.9 Å². The Balaban J connectivity index is 1.45. The maximum Gasteiger partial charge on any atom is 0.245 e. The summed E-state index contributed by atoms with van der Waals surface area (Å²) in [6.45, 7) is 6.76. The third-order valence-electron chi connectivity index (χ3n) is 7.46. The summed E-state index contributed by atoms with van der Waals surface area (Å²) < 4.78 is 0. The highest BCUT2D eigenvalue weighted by Gasteiger charge is 2.55. The first-order valence-electron chi connectivity index (χ1n) is 10.9. The van der Waals surface area contributed by atoms with E-state index in [1.807, 2.05) is 20.9 Å². The lowest BCUT2D eigenvalue weighted by molar-refractivity contribution is -0.150. The Morgan fingerprint density at radius 1 is 1.18 bits per heavy atom. The minimum absolute atomic E-state index is 0.0286. The molecule has 1 atom stereocenters. The average Bonchev–Trinajstić information content (AvgIpc) is 3.02. The van der Waals surface area contributed by atoms with Crippen LogP contribution < -0.4 is 5.32 Å². The van der Waals surface area contributed by atoms with Gasteiger partial charge in [-0.2, -0.15) is 0 Å². The van der Waals surface area contributed by atoms with Crippen LogP contribution in [-0.4, -0.2) is 29.8 Å². The Bertz CT molecular complexity index is 718. The number of nitrogens with zero attached hydrogens (tertiary/aromatic N) is 1. The minimum atomic E-state index is -0.439. The van der Waals surface area contributed by atoms with Gasteiger partial charge in [0, 0.05) is 17.3 Å². The highest BCUT2D eigenvalue weighted by molar-refractivity contribution is 7.10. The summed E-state index contributed by atoms with van der Waals surface area (Å²) >= 11 is 1.69. The van der Waals surface area contributed by atoms with Crippen LogP contribution in [0.5, 0.6) is 0 Å². The lowest BCUT2D eigenvalue weighted by Gasteiger charge is -2.56. The molecule has 28 heavy (non-hydrogen) atoms. The van der Waals surface area contributed by atoms with Gasteiger partial charge in [-0.1, -0.05) is 13.8 Å². The molecule has 4 nitrogen and oxygen atoms in total. The fourth-order valence-corrected chi connectivity index (χ4v) is 7.25. The van der Waals surface area contributed by atoms with Crippen molar-refractivity contribution in [2.75, 3.05) is 7.05 Å². The molecule has 0 spiro atoms. The van der Waals surface area contributed by atoms with Gasteiger partial charge < -0.3 is 10.2 Å². The van der Waals surface area contributed by atoms with Gasteiger partial charge in [-0.3, -0.25) is 9.59 Å². The molecule has 0 saturated heterocycles. The number of hydrogen-bond donors (Lipinski definition) is 1. The van der Waals surface area contributed by atoms with E-state index in [1.54, 1.807) is 16.2 Å². The van der Waals surface area contributed by atoms with Crippen LogP contribution in [0.2, 0.25) is 0 Å². The van der Waals surface area contributed by atoms with Crippen LogP contribution in [-0.2, 0) is 16.1 Å². The number of amides is 2. The molecule has 4 saturated carbocycles. The summed E-state index contributed by atoms with van der Waals surface area (Å²) in [5.41, 5.74) is 1.02. The van der Waals surface area contributed by atoms with Crippen molar-refractivity contribution < 1.29 is 9.59 Å². The van der Waals surface area contributed by atoms with Crippen molar-refractivity contribution in [1.82, 2.24) is 10.2 Å². The van der Waals surface area contributed by atoms with Crippen LogP contribution in [0.1, 0.15) is 62.8 Å². The maximum atomic E-state index is 13.4. The van der Waals surface area contributed by atoms with Crippen LogP contribution in [0.25, 0.3) is 0 Å². The molecule has 0 radical (unpaired) electrons. The Morgan fingerprint density at radius 3 is 2.21 bits per heavy atom. The first-order chi connectivity index (χ1) is 13.3. The van der Waals surface area contributed by atoms with Crippen LogP contribution >= 0.6 is 11.3 Å². The molecule has 0 aliphatic heterocycles. The number of aryl methyl sites for hydroxylation is 1. The molecule has 4 fully saturated rings. The molecular weight excluding hydrogens is 368 g/mol. The van der Waals surface area contributed by atoms with Gasteiger partial charge in [0.25, 0.3) is 0 Å². The monoisotopic (exact) mass is 402 g/mol. The number of hydrogen-bond acceptors (Lipinski definition) is 3. The number of carbonyl (C=O) groups is 2. The highest BCUT2D eigenvalue weighted by atomic mass is 32.1. The van der Waals surface area contributed by atoms with E-state index in [9.17, 15) is 9.59 Å². The van der Waals surface area contributed by atoms with Gasteiger partial charge in [-0.05, 0) is 86.1 Å². The van der Waals surface area contributed by atoms with Crippen molar-refractivity contribution >= 4 is 23.2 Å². The summed E-state index contributed by atoms with van der Waals surface area (Å²) in [7, 11) is 1.85. The molecule has 2 amide bonds. The molecule has 5 rings (SSSR count). The van der Waals surface area contributed by atoms with Crippen molar-refractivity contribution in [3.8, 4) is 0 Å². The number of carbonyl (C=O) groups excluding carboxylic acids is 2. The summed E-state index contributed by atoms with van der Waals surface area (Å²) in [4.78, 5) is 29.6. The lowest BCUT2D eigenvalue weighted by Crippen LogP contribution is -2.58. The Hall–Kier alpha value is -1.36. The third-order valence-corrected chi connectivity index (χ3v) is 8.47. The predicted molar refractivity (Wildman–Crippen MR) is 113 cm³/mol. The maximum absolute atomic E-state index is 13.4. The van der Waals surface area contributed by atoms with Crippen LogP contribution in [0.3, 0.4) is 0 Å². The summed E-state index contributed by atoms with van der Waals surface area (Å²) in [6, 6.07) is 1.65. The average molecular weight is 403 g/mol. The lowest BCUT2D eigenvalue weighted by atomic mass is 9.49. The normalized spacial score (nSPS) is 31.8. The van der Waals surface area contributed by atoms with E-state index >= 15 is 0 Å². The molecular formula is C23H34N2O2S. The zero-order valence-electron chi connectivity index (χ0n) is 17.7. The minimum Gasteiger partial charge on any atom is -0.344 e. The van der Waals surface area contributed by atoms with Crippen LogP contribution in [0, 0.1) is 36.0 Å². The number of thiophene rings is 1. The fourth-order valence-electron chi connectivity index (χ4n) is 6.29. The van der Waals surface area contributed by atoms with Gasteiger partial charge in [0.1, 0.15) is 6.04 Å². The Morgan fingerprint density at radius 2 is 1.75 bits per heavy atom. The molecule has 4 aliphatic carbocycles. The predicted octanol–water partition coefficient (Wildman–Crippen LogP) is 4.37. The van der Waals surface area contributed by atoms with Gasteiger partial charge >= 0.3 is 0 Å². The topological polar surface area (TPSA) is 49.4 Å². The number of rotatable bonds is 6. The zero-order chi connectivity index (χ0) is 20.1. The number of likely N-dealkylation sites (N-methyl/N-ethyl adjacent to an activating group) is 1. The van der Waals surface area contributed by atoms with Crippen LogP contribution in [0.15, 0.2) is 11.4 Å². The van der Waals surface area contributed by atoms with E-state index < -0.39 is 6.04 Å². The Labute approximate surface area is 173 Å². The largest absolute Gasteiger partial charge is 0.344 e. The molecule has 5 heteroatoms. The second kappa shape index (κ2) is 7.47. The SMILES string of the molecule is Cc1ccsc1CN(C)C(=O)C(NC(=O)C12CC3CC(CC(C3)C1)C2)C(C)C. The Kier molecular flexibility index (Phi) is 5.32. The molecule has 1 aromatic heterocycles. The van der Waals surface area contributed by atoms with E-state index in [0.717, 1.165) is 37.0 Å². The second-order valence-corrected chi connectivity index (χ2v) is 11.1. The quantitative estimate of drug-likeness (QED) is 0.768. The molecule has 0 aromatic carbocycles. The van der Waals surface area contributed by atoms with E-state index in [2.05, 4.69) is 23.7 Å². The van der Waals surface area contributed by atoms with E-state index in [4.69, 9.17) is 0 Å². The molecule has 1 heterocycles. The highest BCUT2D eigenvalue weighted by Crippen LogP contribution is 2.60. The van der Waals surface area contributed by atoms with Gasteiger partial charge in [-0.15, -0.1) is 11.3 Å². The molecule has 1 aromatic rings. The van der Waals surface area contributed by atoms with Gasteiger partial charge in [0.05, 0.1) is 6.54 Å². The molecule has 154 valence electrons. The van der Waals surface area contributed by atoms with E-state index in [-0.39, 0.29) is 23.1 Å². The van der Waals surface area contributed by atoms with Crippen molar-refractivity contribution in [3.63, 3.8) is 0 Å². The summed E-state index contributed by atoms with van der Waals surface area (Å²) in [5, 5.41) is 5.29. The van der Waals surface area contributed by atoms with E-state index in [0.29, 0.717) is 6.54 Å². The van der Waals surface area contributed by atoms with Gasteiger partial charge in [0.15, 0.2) is 0 Å². The zero-order valence-corrected chi connectivity index (χ0v) is 18.5. The van der Waals surface area contributed by atoms with Crippen molar-refractivity contribution in [1.29, 1.82) is 0 Å². The third kappa shape index (κ3) is 3.62. The van der Waals surface area contributed by atoms with Crippen molar-refractivity contribution in [2.24, 2.45) is 29.1 Å². The number of nitrogens with one attached hydrogen (secondary N) is 1. The van der Waals surface area contributed by atoms with Crippen molar-refractivity contribution in [3.05, 3.63) is 21.9 Å². The molecule has 4 bridgehead atoms. The molecule has 1 unspecified atom stereocenters. The first kappa shape index (κ1) is 19.9. The summed E-state index contributed by atoms with van der Waals surface area (Å²) in [5.74, 6) is 2.46. The first-order valence-corrected chi connectivity index (χ1v) is 11.7. The molecule has 4 aliphatic rings. The smallest absolute Gasteiger partial charge is 0.245 e.